The SMILES string of the molecule is C=C(C)CC1CCN(c2cccc(OCc3ccc(C#N)cc3F)n2)CC1.CCC1CCO1.Cc1ccc(C(=O)O)c(F)c1C. The molecule has 0 radical (unpaired) electrons. The molecule has 1 unspecified atom stereocenters. The molecule has 0 bridgehead atoms. The lowest BCUT2D eigenvalue weighted by atomic mass is 9.91. The van der Waals surface area contributed by atoms with Gasteiger partial charge >= 0.3 is 5.97 Å². The maximum Gasteiger partial charge on any atom is 0.338 e. The monoisotopic (exact) mass is 619 g/mol. The van der Waals surface area contributed by atoms with Gasteiger partial charge in [-0.1, -0.05) is 30.7 Å². The lowest BCUT2D eigenvalue weighted by molar-refractivity contribution is -0.0516. The van der Waals surface area contributed by atoms with Crippen LogP contribution in [0.2, 0.25) is 0 Å². The molecule has 240 valence electrons. The van der Waals surface area contributed by atoms with Crippen molar-refractivity contribution >= 4 is 11.8 Å². The van der Waals surface area contributed by atoms with E-state index in [2.05, 4.69) is 30.3 Å². The Bertz CT molecular complexity index is 1490. The highest BCUT2D eigenvalue weighted by Crippen LogP contribution is 2.27. The highest BCUT2D eigenvalue weighted by atomic mass is 19.1. The van der Waals surface area contributed by atoms with Crippen LogP contribution < -0.4 is 9.64 Å². The standard InChI is InChI=1S/C22H24FN3O.C9H9FO2.C5H10O/c1-16(2)12-17-8-10-26(11-9-17)21-4-3-5-22(25-21)27-15-19-7-6-18(14-24)13-20(19)23;1-5-3-4-7(9(11)12)8(10)6(5)2;1-2-5-3-4-6-5/h3-7,13,17H,1,8-12,15H2,2H3;3-4H,1-2H3,(H,11,12);5H,2-4H2,1H3. The fourth-order valence-electron chi connectivity index (χ4n) is 4.96. The van der Waals surface area contributed by atoms with Gasteiger partial charge in [0.1, 0.15) is 24.1 Å². The van der Waals surface area contributed by atoms with Crippen molar-refractivity contribution in [1.29, 1.82) is 5.26 Å². The van der Waals surface area contributed by atoms with E-state index in [0.717, 1.165) is 50.3 Å². The van der Waals surface area contributed by atoms with Crippen LogP contribution in [0.5, 0.6) is 5.88 Å². The molecule has 0 amide bonds. The molecule has 1 aromatic heterocycles. The number of anilines is 1. The molecule has 5 rings (SSSR count). The molecule has 3 aromatic rings. The molecule has 2 saturated heterocycles. The van der Waals surface area contributed by atoms with Gasteiger partial charge in [-0.25, -0.2) is 13.6 Å². The van der Waals surface area contributed by atoms with Gasteiger partial charge in [-0.05, 0) is 94.2 Å². The third kappa shape index (κ3) is 10.7. The maximum atomic E-state index is 14.0. The third-order valence-corrected chi connectivity index (χ3v) is 7.98. The van der Waals surface area contributed by atoms with Gasteiger partial charge in [-0.2, -0.15) is 10.2 Å². The van der Waals surface area contributed by atoms with Gasteiger partial charge in [0, 0.05) is 31.3 Å². The van der Waals surface area contributed by atoms with Crippen LogP contribution in [0.1, 0.15) is 78.6 Å². The second-order valence-corrected chi connectivity index (χ2v) is 11.5. The van der Waals surface area contributed by atoms with Crippen molar-refractivity contribution in [1.82, 2.24) is 4.98 Å². The molecule has 1 atom stereocenters. The predicted molar refractivity (Wildman–Crippen MR) is 172 cm³/mol. The van der Waals surface area contributed by atoms with E-state index < -0.39 is 17.6 Å². The number of aromatic carboxylic acids is 1. The van der Waals surface area contributed by atoms with Crippen molar-refractivity contribution in [3.63, 3.8) is 0 Å². The Labute approximate surface area is 265 Å². The zero-order chi connectivity index (χ0) is 32.9. The molecule has 1 N–H and O–H groups in total. The Morgan fingerprint density at radius 2 is 1.87 bits per heavy atom. The van der Waals surface area contributed by atoms with Gasteiger partial charge in [0.05, 0.1) is 23.3 Å². The number of benzene rings is 2. The summed E-state index contributed by atoms with van der Waals surface area (Å²) in [5, 5.41) is 17.3. The number of carboxylic acids is 1. The first-order chi connectivity index (χ1) is 21.5. The quantitative estimate of drug-likeness (QED) is 0.254. The van der Waals surface area contributed by atoms with Crippen molar-refractivity contribution in [2.24, 2.45) is 5.92 Å². The fourth-order valence-corrected chi connectivity index (χ4v) is 4.96. The Hall–Kier alpha value is -4.29. The number of nitriles is 1. The topological polar surface area (TPSA) is 95.7 Å². The summed E-state index contributed by atoms with van der Waals surface area (Å²) in [5.74, 6) is -0.234. The van der Waals surface area contributed by atoms with Gasteiger partial charge in [0.15, 0.2) is 0 Å². The summed E-state index contributed by atoms with van der Waals surface area (Å²) >= 11 is 0. The van der Waals surface area contributed by atoms with Gasteiger partial charge in [0.2, 0.25) is 5.88 Å². The number of hydrogen-bond acceptors (Lipinski definition) is 6. The highest BCUT2D eigenvalue weighted by Gasteiger charge is 2.20. The van der Waals surface area contributed by atoms with Gasteiger partial charge in [0.25, 0.3) is 0 Å². The number of ether oxygens (including phenoxy) is 2. The first-order valence-electron chi connectivity index (χ1n) is 15.3. The van der Waals surface area contributed by atoms with E-state index in [0.29, 0.717) is 34.6 Å². The molecule has 0 saturated carbocycles. The summed E-state index contributed by atoms with van der Waals surface area (Å²) in [6, 6.07) is 14.8. The summed E-state index contributed by atoms with van der Waals surface area (Å²) in [6.07, 6.45) is 6.47. The number of rotatable bonds is 8. The van der Waals surface area contributed by atoms with Crippen LogP contribution in [-0.4, -0.2) is 41.9 Å². The van der Waals surface area contributed by atoms with Crippen LogP contribution in [0.15, 0.2) is 60.7 Å². The smallest absolute Gasteiger partial charge is 0.338 e. The Morgan fingerprint density at radius 1 is 1.16 bits per heavy atom. The number of aromatic nitrogens is 1. The molecule has 2 aliphatic rings. The van der Waals surface area contributed by atoms with E-state index in [1.54, 1.807) is 38.1 Å². The number of allylic oxidation sites excluding steroid dienone is 1. The minimum Gasteiger partial charge on any atom is -0.478 e. The Balaban J connectivity index is 0.000000250. The molecule has 2 aromatic carbocycles. The lowest BCUT2D eigenvalue weighted by Crippen LogP contribution is -2.34. The summed E-state index contributed by atoms with van der Waals surface area (Å²) < 4.78 is 37.9. The van der Waals surface area contributed by atoms with Crippen molar-refractivity contribution < 1.29 is 28.2 Å². The maximum absolute atomic E-state index is 14.0. The van der Waals surface area contributed by atoms with Gasteiger partial charge in [-0.15, -0.1) is 6.58 Å². The number of piperidine rings is 1. The second kappa shape index (κ2) is 17.3. The summed E-state index contributed by atoms with van der Waals surface area (Å²) in [7, 11) is 0. The van der Waals surface area contributed by atoms with Crippen molar-refractivity contribution in [3.8, 4) is 11.9 Å². The second-order valence-electron chi connectivity index (χ2n) is 11.5. The molecular weight excluding hydrogens is 576 g/mol. The summed E-state index contributed by atoms with van der Waals surface area (Å²) in [5.41, 5.74) is 2.84. The van der Waals surface area contributed by atoms with E-state index in [1.807, 2.05) is 18.2 Å². The zero-order valence-corrected chi connectivity index (χ0v) is 26.6. The molecular formula is C36H43F2N3O4. The number of carboxylic acid groups (broad SMARTS) is 1. The molecule has 9 heteroatoms. The zero-order valence-electron chi connectivity index (χ0n) is 26.6. The minimum atomic E-state index is -1.23. The molecule has 45 heavy (non-hydrogen) atoms. The van der Waals surface area contributed by atoms with Crippen molar-refractivity contribution in [3.05, 3.63) is 100 Å². The van der Waals surface area contributed by atoms with Crippen molar-refractivity contribution in [2.75, 3.05) is 24.6 Å². The van der Waals surface area contributed by atoms with Gasteiger partial charge < -0.3 is 19.5 Å². The predicted octanol–water partition coefficient (Wildman–Crippen LogP) is 8.18. The Kier molecular flexibility index (Phi) is 13.5. The largest absolute Gasteiger partial charge is 0.478 e. The van der Waals surface area contributed by atoms with Crippen LogP contribution >= 0.6 is 0 Å². The van der Waals surface area contributed by atoms with E-state index in [1.165, 1.54) is 30.5 Å². The normalized spacial score (nSPS) is 15.8. The first kappa shape index (κ1) is 35.2. The Morgan fingerprint density at radius 3 is 2.40 bits per heavy atom. The number of nitrogens with zero attached hydrogens (tertiary/aromatic N) is 3. The lowest BCUT2D eigenvalue weighted by Gasteiger charge is -2.33. The summed E-state index contributed by atoms with van der Waals surface area (Å²) in [6.45, 7) is 14.6. The number of halogens is 2. The van der Waals surface area contributed by atoms with E-state index in [4.69, 9.17) is 19.8 Å². The summed E-state index contributed by atoms with van der Waals surface area (Å²) in [4.78, 5) is 17.3. The van der Waals surface area contributed by atoms with E-state index in [-0.39, 0.29) is 12.2 Å². The van der Waals surface area contributed by atoms with Crippen LogP contribution in [-0.2, 0) is 11.3 Å². The third-order valence-electron chi connectivity index (χ3n) is 7.98. The van der Waals surface area contributed by atoms with Gasteiger partial charge in [-0.3, -0.25) is 0 Å². The fraction of sp³-hybridized carbons (Fsp3) is 0.417. The molecule has 2 aliphatic heterocycles. The first-order valence-corrected chi connectivity index (χ1v) is 15.3. The molecule has 0 aliphatic carbocycles. The molecule has 7 nitrogen and oxygen atoms in total. The van der Waals surface area contributed by atoms with Crippen LogP contribution in [0, 0.1) is 42.7 Å². The minimum absolute atomic E-state index is 0.0781. The van der Waals surface area contributed by atoms with Crippen LogP contribution in [0.3, 0.4) is 0 Å². The van der Waals surface area contributed by atoms with E-state index >= 15 is 0 Å². The molecule has 3 heterocycles. The number of hydrogen-bond donors (Lipinski definition) is 1. The number of carbonyl (C=O) groups is 1. The average Bonchev–Trinajstić information content (AvgIpc) is 2.99. The van der Waals surface area contributed by atoms with Crippen LogP contribution in [0.25, 0.3) is 0 Å². The molecule has 0 spiro atoms. The number of pyridine rings is 1. The van der Waals surface area contributed by atoms with Crippen molar-refractivity contribution in [2.45, 2.75) is 72.5 Å². The molecule has 2 fully saturated rings. The highest BCUT2D eigenvalue weighted by molar-refractivity contribution is 5.88. The van der Waals surface area contributed by atoms with E-state index in [9.17, 15) is 13.6 Å². The average molecular weight is 620 g/mol. The van der Waals surface area contributed by atoms with Crippen LogP contribution in [0.4, 0.5) is 14.6 Å². The number of aryl methyl sites for hydroxylation is 1.